The second-order valence-corrected chi connectivity index (χ2v) is 5.70. The first-order valence-electron chi connectivity index (χ1n) is 6.83. The number of thioether (sulfide) groups is 1. The molecule has 2 nitrogen and oxygen atoms in total. The van der Waals surface area contributed by atoms with Gasteiger partial charge < -0.3 is 10.1 Å². The zero-order valence-electron chi connectivity index (χ0n) is 11.4. The summed E-state index contributed by atoms with van der Waals surface area (Å²) in [5.41, 5.74) is 2.87. The van der Waals surface area contributed by atoms with Crippen molar-refractivity contribution in [3.63, 3.8) is 0 Å². The van der Waals surface area contributed by atoms with Crippen LogP contribution < -0.4 is 10.1 Å². The second-order valence-electron chi connectivity index (χ2n) is 4.71. The van der Waals surface area contributed by atoms with Crippen molar-refractivity contribution < 1.29 is 4.74 Å². The Bertz CT molecular complexity index is 381. The molecule has 1 aliphatic carbocycles. The van der Waals surface area contributed by atoms with Gasteiger partial charge >= 0.3 is 0 Å². The maximum Gasteiger partial charge on any atom is 0.122 e. The Balaban J connectivity index is 2.04. The molecule has 18 heavy (non-hydrogen) atoms. The Hall–Kier alpha value is -0.670. The van der Waals surface area contributed by atoms with Crippen molar-refractivity contribution in [3.05, 3.63) is 29.3 Å². The van der Waals surface area contributed by atoms with Crippen molar-refractivity contribution in [2.45, 2.75) is 32.2 Å². The molecule has 0 fully saturated rings. The second kappa shape index (κ2) is 7.05. The van der Waals surface area contributed by atoms with Crippen molar-refractivity contribution in [2.24, 2.45) is 0 Å². The van der Waals surface area contributed by atoms with E-state index in [4.69, 9.17) is 4.74 Å². The summed E-state index contributed by atoms with van der Waals surface area (Å²) in [6, 6.07) is 7.02. The summed E-state index contributed by atoms with van der Waals surface area (Å²) in [6.07, 6.45) is 5.66. The maximum absolute atomic E-state index is 5.89. The van der Waals surface area contributed by atoms with Crippen LogP contribution in [-0.4, -0.2) is 25.2 Å². The maximum atomic E-state index is 5.89. The number of benzene rings is 1. The normalized spacial score (nSPS) is 17.8. The van der Waals surface area contributed by atoms with Gasteiger partial charge in [0, 0.05) is 11.8 Å². The van der Waals surface area contributed by atoms with Gasteiger partial charge in [0.15, 0.2) is 0 Å². The lowest BCUT2D eigenvalue weighted by atomic mass is 10.1. The third kappa shape index (κ3) is 3.21. The lowest BCUT2D eigenvalue weighted by Crippen LogP contribution is -2.19. The molecule has 100 valence electrons. The standard InChI is InChI=1S/C15H23NOS/c1-3-9-16-14-8-7-13-12(14)5-4-6-15(13)17-10-11-18-2/h4-6,14,16H,3,7-11H2,1-2H3. The van der Waals surface area contributed by atoms with E-state index in [-0.39, 0.29) is 0 Å². The van der Waals surface area contributed by atoms with E-state index < -0.39 is 0 Å². The van der Waals surface area contributed by atoms with Crippen LogP contribution in [-0.2, 0) is 6.42 Å². The first-order valence-corrected chi connectivity index (χ1v) is 8.23. The minimum Gasteiger partial charge on any atom is -0.492 e. The van der Waals surface area contributed by atoms with Gasteiger partial charge in [-0.2, -0.15) is 11.8 Å². The highest BCUT2D eigenvalue weighted by Gasteiger charge is 2.24. The molecule has 1 aromatic rings. The molecule has 0 aliphatic heterocycles. The van der Waals surface area contributed by atoms with E-state index in [1.54, 1.807) is 0 Å². The van der Waals surface area contributed by atoms with Gasteiger partial charge in [-0.1, -0.05) is 19.1 Å². The highest BCUT2D eigenvalue weighted by molar-refractivity contribution is 7.98. The van der Waals surface area contributed by atoms with Gasteiger partial charge in [-0.25, -0.2) is 0 Å². The average Bonchev–Trinajstić information content (AvgIpc) is 2.81. The summed E-state index contributed by atoms with van der Waals surface area (Å²) in [4.78, 5) is 0. The molecule has 0 radical (unpaired) electrons. The number of hydrogen-bond acceptors (Lipinski definition) is 3. The summed E-state index contributed by atoms with van der Waals surface area (Å²) in [5, 5.41) is 3.62. The van der Waals surface area contributed by atoms with Crippen LogP contribution in [0.2, 0.25) is 0 Å². The van der Waals surface area contributed by atoms with Gasteiger partial charge in [0.1, 0.15) is 5.75 Å². The fourth-order valence-corrected chi connectivity index (χ4v) is 2.77. The molecule has 1 aromatic carbocycles. The van der Waals surface area contributed by atoms with E-state index in [1.165, 1.54) is 24.0 Å². The zero-order valence-corrected chi connectivity index (χ0v) is 12.2. The zero-order chi connectivity index (χ0) is 12.8. The van der Waals surface area contributed by atoms with Crippen LogP contribution in [0.5, 0.6) is 5.75 Å². The van der Waals surface area contributed by atoms with Crippen LogP contribution in [0.25, 0.3) is 0 Å². The molecule has 0 bridgehead atoms. The van der Waals surface area contributed by atoms with E-state index in [1.807, 2.05) is 11.8 Å². The Morgan fingerprint density at radius 1 is 1.44 bits per heavy atom. The van der Waals surface area contributed by atoms with Crippen molar-refractivity contribution in [1.82, 2.24) is 5.32 Å². The average molecular weight is 265 g/mol. The van der Waals surface area contributed by atoms with Gasteiger partial charge in [0.05, 0.1) is 6.61 Å². The number of rotatable bonds is 7. The molecule has 2 rings (SSSR count). The third-order valence-electron chi connectivity index (χ3n) is 3.41. The Labute approximate surface area is 114 Å². The van der Waals surface area contributed by atoms with Crippen LogP contribution in [0.4, 0.5) is 0 Å². The minimum absolute atomic E-state index is 0.532. The number of hydrogen-bond donors (Lipinski definition) is 1. The molecule has 3 heteroatoms. The van der Waals surface area contributed by atoms with Crippen molar-refractivity contribution in [3.8, 4) is 5.75 Å². The number of nitrogens with one attached hydrogen (secondary N) is 1. The quantitative estimate of drug-likeness (QED) is 0.763. The highest BCUT2D eigenvalue weighted by Crippen LogP contribution is 2.36. The largest absolute Gasteiger partial charge is 0.492 e. The van der Waals surface area contributed by atoms with Crippen LogP contribution in [0.3, 0.4) is 0 Å². The van der Waals surface area contributed by atoms with E-state index in [9.17, 15) is 0 Å². The fraction of sp³-hybridized carbons (Fsp3) is 0.600. The molecule has 0 saturated heterocycles. The number of fused-ring (bicyclic) bond motifs is 1. The van der Waals surface area contributed by atoms with Crippen molar-refractivity contribution in [1.29, 1.82) is 0 Å². The van der Waals surface area contributed by atoms with Crippen LogP contribution >= 0.6 is 11.8 Å². The molecule has 1 N–H and O–H groups in total. The summed E-state index contributed by atoms with van der Waals surface area (Å²) in [6.45, 7) is 4.12. The SMILES string of the molecule is CCCNC1CCc2c(OCCSC)cccc21. The summed E-state index contributed by atoms with van der Waals surface area (Å²) in [5.74, 6) is 2.16. The molecule has 0 saturated carbocycles. The molecule has 1 atom stereocenters. The van der Waals surface area contributed by atoms with E-state index in [2.05, 4.69) is 36.7 Å². The summed E-state index contributed by atoms with van der Waals surface area (Å²) < 4.78 is 5.89. The Kier molecular flexibility index (Phi) is 5.39. The highest BCUT2D eigenvalue weighted by atomic mass is 32.2. The summed E-state index contributed by atoms with van der Waals surface area (Å²) in [7, 11) is 0. The van der Waals surface area contributed by atoms with Crippen molar-refractivity contribution in [2.75, 3.05) is 25.2 Å². The lowest BCUT2D eigenvalue weighted by Gasteiger charge is -2.14. The van der Waals surface area contributed by atoms with Gasteiger partial charge in [0.25, 0.3) is 0 Å². The lowest BCUT2D eigenvalue weighted by molar-refractivity contribution is 0.340. The summed E-state index contributed by atoms with van der Waals surface area (Å²) >= 11 is 1.83. The van der Waals surface area contributed by atoms with E-state index in [0.717, 1.165) is 31.1 Å². The first kappa shape index (κ1) is 13.8. The van der Waals surface area contributed by atoms with E-state index >= 15 is 0 Å². The number of ether oxygens (including phenoxy) is 1. The molecule has 1 aliphatic rings. The topological polar surface area (TPSA) is 21.3 Å². The Morgan fingerprint density at radius 3 is 3.11 bits per heavy atom. The van der Waals surface area contributed by atoms with Gasteiger partial charge in [-0.05, 0) is 49.3 Å². The molecular weight excluding hydrogens is 242 g/mol. The smallest absolute Gasteiger partial charge is 0.122 e. The predicted molar refractivity (Wildman–Crippen MR) is 79.7 cm³/mol. The van der Waals surface area contributed by atoms with Gasteiger partial charge in [0.2, 0.25) is 0 Å². The Morgan fingerprint density at radius 2 is 2.33 bits per heavy atom. The molecular formula is C15H23NOS. The first-order chi connectivity index (χ1) is 8.86. The fourth-order valence-electron chi connectivity index (χ4n) is 2.52. The predicted octanol–water partition coefficient (Wildman–Crippen LogP) is 3.42. The van der Waals surface area contributed by atoms with Gasteiger partial charge in [-0.15, -0.1) is 0 Å². The molecule has 0 heterocycles. The van der Waals surface area contributed by atoms with E-state index in [0.29, 0.717) is 6.04 Å². The van der Waals surface area contributed by atoms with Crippen molar-refractivity contribution >= 4 is 11.8 Å². The molecule has 0 amide bonds. The molecule has 0 spiro atoms. The minimum atomic E-state index is 0.532. The monoisotopic (exact) mass is 265 g/mol. The molecule has 1 unspecified atom stereocenters. The molecule has 0 aromatic heterocycles. The van der Waals surface area contributed by atoms with Crippen LogP contribution in [0.15, 0.2) is 18.2 Å². The van der Waals surface area contributed by atoms with Crippen LogP contribution in [0, 0.1) is 0 Å². The van der Waals surface area contributed by atoms with Crippen LogP contribution in [0.1, 0.15) is 36.9 Å². The third-order valence-corrected chi connectivity index (χ3v) is 3.99. The van der Waals surface area contributed by atoms with Gasteiger partial charge in [-0.3, -0.25) is 0 Å².